The Hall–Kier alpha value is -2.61. The highest BCUT2D eigenvalue weighted by Crippen LogP contribution is 2.40. The van der Waals surface area contributed by atoms with Crippen molar-refractivity contribution in [2.75, 3.05) is 34.4 Å². The van der Waals surface area contributed by atoms with Gasteiger partial charge >= 0.3 is 0 Å². The number of rotatable bonds is 8. The molecule has 1 aliphatic rings. The largest absolute Gasteiger partial charge is 0.496 e. The van der Waals surface area contributed by atoms with E-state index < -0.39 is 0 Å². The van der Waals surface area contributed by atoms with E-state index in [0.717, 1.165) is 61.9 Å². The Morgan fingerprint density at radius 1 is 1.07 bits per heavy atom. The smallest absolute Gasteiger partial charge is 0.165 e. The Balaban J connectivity index is 1.78. The second kappa shape index (κ2) is 8.85. The molecule has 0 radical (unpaired) electrons. The summed E-state index contributed by atoms with van der Waals surface area (Å²) >= 11 is 0. The summed E-state index contributed by atoms with van der Waals surface area (Å²) < 4.78 is 18.4. The average Bonchev–Trinajstić information content (AvgIpc) is 3.14. The fraction of sp³-hybridized carbons (Fsp3) is 0.526. The molecule has 0 fully saturated rings. The average molecular weight is 373 g/mol. The van der Waals surface area contributed by atoms with E-state index in [2.05, 4.69) is 33.4 Å². The van der Waals surface area contributed by atoms with Crippen LogP contribution in [0.3, 0.4) is 0 Å². The minimum Gasteiger partial charge on any atom is -0.496 e. The zero-order valence-corrected chi connectivity index (χ0v) is 16.4. The van der Waals surface area contributed by atoms with Gasteiger partial charge < -0.3 is 14.2 Å². The number of methoxy groups -OCH3 is 3. The van der Waals surface area contributed by atoms with Crippen molar-refractivity contribution in [1.82, 2.24) is 25.1 Å². The highest BCUT2D eigenvalue weighted by molar-refractivity contribution is 5.77. The van der Waals surface area contributed by atoms with Gasteiger partial charge in [0, 0.05) is 31.8 Å². The summed E-state index contributed by atoms with van der Waals surface area (Å²) in [6.07, 6.45) is 4.14. The monoisotopic (exact) mass is 373 g/mol. The standard InChI is InChI=1S/C19H27N5O3/c1-5-8-24-18(20-21-22-24)13-23-9-6-14(7-10-23)19-16(26-3)11-15(25-2)12-17(19)27-4/h6,11-12H,5,7-10,13H2,1-4H3. The van der Waals surface area contributed by atoms with Crippen molar-refractivity contribution in [3.63, 3.8) is 0 Å². The molecule has 3 rings (SSSR count). The van der Waals surface area contributed by atoms with Crippen molar-refractivity contribution in [3.8, 4) is 17.2 Å². The number of hydrogen-bond donors (Lipinski definition) is 0. The fourth-order valence-electron chi connectivity index (χ4n) is 3.33. The van der Waals surface area contributed by atoms with Gasteiger partial charge in [-0.2, -0.15) is 0 Å². The van der Waals surface area contributed by atoms with E-state index in [1.807, 2.05) is 16.8 Å². The number of hydrogen-bond acceptors (Lipinski definition) is 7. The Bertz CT molecular complexity index is 777. The number of benzene rings is 1. The zero-order valence-electron chi connectivity index (χ0n) is 16.4. The summed E-state index contributed by atoms with van der Waals surface area (Å²) in [6, 6.07) is 3.79. The molecule has 1 aliphatic heterocycles. The maximum Gasteiger partial charge on any atom is 0.165 e. The Labute approximate surface area is 159 Å². The maximum absolute atomic E-state index is 5.59. The number of ether oxygens (including phenoxy) is 3. The molecule has 0 amide bonds. The SMILES string of the molecule is CCCn1nnnc1CN1CC=C(c2c(OC)cc(OC)cc2OC)CC1. The summed E-state index contributed by atoms with van der Waals surface area (Å²) in [4.78, 5) is 2.34. The summed E-state index contributed by atoms with van der Waals surface area (Å²) in [7, 11) is 4.97. The molecule has 0 N–H and O–H groups in total. The lowest BCUT2D eigenvalue weighted by atomic mass is 9.97. The fourth-order valence-corrected chi connectivity index (χ4v) is 3.33. The lowest BCUT2D eigenvalue weighted by Crippen LogP contribution is -2.29. The molecular formula is C19H27N5O3. The molecule has 0 aliphatic carbocycles. The Morgan fingerprint density at radius 3 is 2.37 bits per heavy atom. The molecule has 0 bridgehead atoms. The van der Waals surface area contributed by atoms with Crippen molar-refractivity contribution in [2.24, 2.45) is 0 Å². The third kappa shape index (κ3) is 4.21. The van der Waals surface area contributed by atoms with Crippen LogP contribution in [0.4, 0.5) is 0 Å². The molecule has 0 atom stereocenters. The topological polar surface area (TPSA) is 74.5 Å². The van der Waals surface area contributed by atoms with Gasteiger partial charge in [-0.15, -0.1) is 5.10 Å². The minimum atomic E-state index is 0.716. The first kappa shape index (κ1) is 19.2. The summed E-state index contributed by atoms with van der Waals surface area (Å²) in [5.41, 5.74) is 2.21. The van der Waals surface area contributed by atoms with Crippen molar-refractivity contribution in [1.29, 1.82) is 0 Å². The Morgan fingerprint density at radius 2 is 1.81 bits per heavy atom. The number of nitrogens with zero attached hydrogens (tertiary/aromatic N) is 5. The van der Waals surface area contributed by atoms with Gasteiger partial charge in [-0.3, -0.25) is 4.90 Å². The Kier molecular flexibility index (Phi) is 6.28. The van der Waals surface area contributed by atoms with E-state index in [4.69, 9.17) is 14.2 Å². The van der Waals surface area contributed by atoms with Gasteiger partial charge in [-0.25, -0.2) is 4.68 Å². The van der Waals surface area contributed by atoms with Crippen LogP contribution in [0.2, 0.25) is 0 Å². The number of aromatic nitrogens is 4. The summed E-state index contributed by atoms with van der Waals surface area (Å²) in [5, 5.41) is 12.0. The van der Waals surface area contributed by atoms with Gasteiger partial charge in [0.25, 0.3) is 0 Å². The van der Waals surface area contributed by atoms with Crippen LogP contribution in [-0.4, -0.2) is 59.5 Å². The van der Waals surface area contributed by atoms with Gasteiger partial charge in [0.05, 0.1) is 33.4 Å². The predicted molar refractivity (Wildman–Crippen MR) is 102 cm³/mol. The van der Waals surface area contributed by atoms with Gasteiger partial charge in [0.2, 0.25) is 0 Å². The third-order valence-corrected chi connectivity index (χ3v) is 4.74. The lowest BCUT2D eigenvalue weighted by molar-refractivity contribution is 0.279. The summed E-state index contributed by atoms with van der Waals surface area (Å²) in [6.45, 7) is 5.46. The van der Waals surface area contributed by atoms with E-state index in [-0.39, 0.29) is 0 Å². The van der Waals surface area contributed by atoms with Gasteiger partial charge in [-0.05, 0) is 28.8 Å². The van der Waals surface area contributed by atoms with E-state index in [1.165, 1.54) is 5.57 Å². The molecule has 1 aromatic carbocycles. The first-order valence-electron chi connectivity index (χ1n) is 9.17. The highest BCUT2D eigenvalue weighted by Gasteiger charge is 2.22. The number of aryl methyl sites for hydroxylation is 1. The van der Waals surface area contributed by atoms with Crippen LogP contribution in [0.15, 0.2) is 18.2 Å². The second-order valence-corrected chi connectivity index (χ2v) is 6.44. The van der Waals surface area contributed by atoms with Crippen molar-refractivity contribution < 1.29 is 14.2 Å². The van der Waals surface area contributed by atoms with Gasteiger partial charge in [0.15, 0.2) is 5.82 Å². The molecule has 0 saturated heterocycles. The van der Waals surface area contributed by atoms with Crippen LogP contribution in [0, 0.1) is 0 Å². The zero-order chi connectivity index (χ0) is 19.2. The first-order chi connectivity index (χ1) is 13.2. The van der Waals surface area contributed by atoms with E-state index >= 15 is 0 Å². The van der Waals surface area contributed by atoms with E-state index in [0.29, 0.717) is 5.75 Å². The van der Waals surface area contributed by atoms with Crippen LogP contribution in [0.25, 0.3) is 5.57 Å². The first-order valence-corrected chi connectivity index (χ1v) is 9.17. The van der Waals surface area contributed by atoms with Crippen LogP contribution < -0.4 is 14.2 Å². The third-order valence-electron chi connectivity index (χ3n) is 4.74. The van der Waals surface area contributed by atoms with Crippen LogP contribution in [0.5, 0.6) is 17.2 Å². The maximum atomic E-state index is 5.59. The highest BCUT2D eigenvalue weighted by atomic mass is 16.5. The summed E-state index contributed by atoms with van der Waals surface area (Å²) in [5.74, 6) is 3.15. The van der Waals surface area contributed by atoms with Crippen LogP contribution in [0.1, 0.15) is 31.2 Å². The molecule has 27 heavy (non-hydrogen) atoms. The normalized spacial score (nSPS) is 14.7. The van der Waals surface area contributed by atoms with E-state index in [1.54, 1.807) is 21.3 Å². The van der Waals surface area contributed by atoms with Gasteiger partial charge in [-0.1, -0.05) is 13.0 Å². The minimum absolute atomic E-state index is 0.716. The van der Waals surface area contributed by atoms with Crippen molar-refractivity contribution >= 4 is 5.57 Å². The molecule has 8 heteroatoms. The van der Waals surface area contributed by atoms with E-state index in [9.17, 15) is 0 Å². The molecule has 0 saturated carbocycles. The molecular weight excluding hydrogens is 346 g/mol. The molecule has 2 aromatic rings. The van der Waals surface area contributed by atoms with Crippen LogP contribution >= 0.6 is 0 Å². The molecule has 0 spiro atoms. The molecule has 0 unspecified atom stereocenters. The lowest BCUT2D eigenvalue weighted by Gasteiger charge is -2.27. The molecule has 2 heterocycles. The van der Waals surface area contributed by atoms with Gasteiger partial charge in [0.1, 0.15) is 17.2 Å². The van der Waals surface area contributed by atoms with Crippen LogP contribution in [-0.2, 0) is 13.1 Å². The molecule has 1 aromatic heterocycles. The van der Waals surface area contributed by atoms with Crippen molar-refractivity contribution in [3.05, 3.63) is 29.6 Å². The predicted octanol–water partition coefficient (Wildman–Crippen LogP) is 2.40. The number of tetrazole rings is 1. The molecule has 8 nitrogen and oxygen atoms in total. The second-order valence-electron chi connectivity index (χ2n) is 6.44. The van der Waals surface area contributed by atoms with Crippen molar-refractivity contribution in [2.45, 2.75) is 32.9 Å². The molecule has 146 valence electrons. The quantitative estimate of drug-likeness (QED) is 0.703.